The molecule has 0 spiro atoms. The quantitative estimate of drug-likeness (QED) is 0.0869. The van der Waals surface area contributed by atoms with Crippen molar-refractivity contribution in [2.75, 3.05) is 12.3 Å². The summed E-state index contributed by atoms with van der Waals surface area (Å²) in [5.74, 6) is -0.940. The number of benzene rings is 1. The third-order valence-electron chi connectivity index (χ3n) is 7.64. The largest absolute Gasteiger partial charge is 0.458 e. The van der Waals surface area contributed by atoms with Gasteiger partial charge >= 0.3 is 12.1 Å². The number of fused-ring (bicyclic) bond motifs is 5. The molecule has 3 aromatic rings. The van der Waals surface area contributed by atoms with E-state index < -0.39 is 23.6 Å². The topological polar surface area (TPSA) is 195 Å². The lowest BCUT2D eigenvalue weighted by atomic mass is 9.86. The molecule has 0 unspecified atom stereocenters. The fraction of sp³-hybridized carbons (Fsp3) is 0.393. The van der Waals surface area contributed by atoms with Gasteiger partial charge in [0, 0.05) is 35.2 Å². The number of aliphatic hydroxyl groups is 1. The Hall–Kier alpha value is -4.49. The maximum absolute atomic E-state index is 13.4. The number of rotatable bonds is 9. The van der Waals surface area contributed by atoms with Crippen LogP contribution in [0.1, 0.15) is 62.1 Å². The summed E-state index contributed by atoms with van der Waals surface area (Å²) in [4.78, 5) is 53.8. The highest BCUT2D eigenvalue weighted by Crippen LogP contribution is 2.41. The van der Waals surface area contributed by atoms with Crippen molar-refractivity contribution in [1.82, 2.24) is 20.3 Å². The zero-order valence-corrected chi connectivity index (χ0v) is 22.5. The summed E-state index contributed by atoms with van der Waals surface area (Å²) >= 11 is 0. The fourth-order valence-electron chi connectivity index (χ4n) is 5.31. The van der Waals surface area contributed by atoms with Gasteiger partial charge < -0.3 is 30.2 Å². The van der Waals surface area contributed by atoms with Crippen LogP contribution in [-0.4, -0.2) is 44.4 Å². The highest BCUT2D eigenvalue weighted by atomic mass is 16.6. The van der Waals surface area contributed by atoms with E-state index in [1.807, 2.05) is 0 Å². The first-order chi connectivity index (χ1) is 19.7. The lowest BCUT2D eigenvalue weighted by Gasteiger charge is -2.31. The Morgan fingerprint density at radius 2 is 1.95 bits per heavy atom. The number of nitrogen functional groups attached to an aromatic ring is 1. The second kappa shape index (κ2) is 11.2. The predicted octanol–water partition coefficient (Wildman–Crippen LogP) is 2.21. The summed E-state index contributed by atoms with van der Waals surface area (Å²) in [5, 5.41) is 22.7. The number of esters is 1. The summed E-state index contributed by atoms with van der Waals surface area (Å²) in [6, 6.07) is 6.49. The van der Waals surface area contributed by atoms with Gasteiger partial charge in [-0.05, 0) is 43.5 Å². The molecule has 2 aromatic heterocycles. The third-order valence-corrected chi connectivity index (χ3v) is 7.64. The van der Waals surface area contributed by atoms with Gasteiger partial charge in [-0.3, -0.25) is 14.8 Å². The Morgan fingerprint density at radius 1 is 1.17 bits per heavy atom. The van der Waals surface area contributed by atoms with E-state index in [1.165, 1.54) is 4.57 Å². The summed E-state index contributed by atoms with van der Waals surface area (Å²) in [5.41, 5.74) is 8.74. The van der Waals surface area contributed by atoms with Crippen LogP contribution in [0.15, 0.2) is 29.1 Å². The second-order valence-electron chi connectivity index (χ2n) is 10.2. The molecule has 13 nitrogen and oxygen atoms in total. The Morgan fingerprint density at radius 3 is 2.71 bits per heavy atom. The van der Waals surface area contributed by atoms with Crippen LogP contribution < -0.4 is 26.8 Å². The summed E-state index contributed by atoms with van der Waals surface area (Å²) in [6.07, 6.45) is 2.61. The van der Waals surface area contributed by atoms with Crippen LogP contribution in [0.5, 0.6) is 5.75 Å². The monoisotopic (exact) mass is 565 g/mol. The van der Waals surface area contributed by atoms with Gasteiger partial charge in [-0.15, -0.1) is 0 Å². The minimum Gasteiger partial charge on any atom is -0.458 e. The molecule has 13 heteroatoms. The highest BCUT2D eigenvalue weighted by Gasteiger charge is 2.45. The molecular formula is C28H31N5O8. The number of carbonyl (C=O) groups is 3. The molecule has 1 aromatic carbocycles. The fourth-order valence-corrected chi connectivity index (χ4v) is 5.31. The van der Waals surface area contributed by atoms with Gasteiger partial charge in [-0.1, -0.05) is 19.8 Å². The first-order valence-electron chi connectivity index (χ1n) is 13.5. The number of pyridine rings is 2. The van der Waals surface area contributed by atoms with Crippen LogP contribution in [0, 0.1) is 0 Å². The van der Waals surface area contributed by atoms with Gasteiger partial charge in [0.25, 0.3) is 5.56 Å². The minimum atomic E-state index is -1.92. The Labute approximate surface area is 234 Å². The van der Waals surface area contributed by atoms with Crippen molar-refractivity contribution in [2.45, 2.75) is 64.2 Å². The third kappa shape index (κ3) is 5.09. The number of anilines is 1. The number of ether oxygens (including phenoxy) is 2. The molecule has 5 rings (SSSR count). The normalized spacial score (nSPS) is 16.9. The number of unbranched alkanes of at least 4 members (excludes halogenated alkanes) is 3. The molecule has 2 amide bonds. The summed E-state index contributed by atoms with van der Waals surface area (Å²) in [7, 11) is 0. The van der Waals surface area contributed by atoms with Crippen LogP contribution in [0.25, 0.3) is 22.3 Å². The van der Waals surface area contributed by atoms with E-state index in [4.69, 9.17) is 25.4 Å². The predicted molar refractivity (Wildman–Crippen MR) is 146 cm³/mol. The first-order valence-corrected chi connectivity index (χ1v) is 13.5. The van der Waals surface area contributed by atoms with Gasteiger partial charge in [0.1, 0.15) is 12.4 Å². The number of nitrogens with zero attached hydrogens (tertiary/aromatic N) is 2. The van der Waals surface area contributed by atoms with Crippen molar-refractivity contribution in [3.8, 4) is 17.1 Å². The zero-order chi connectivity index (χ0) is 29.3. The number of hydroxylamine groups is 1. The van der Waals surface area contributed by atoms with E-state index in [-0.39, 0.29) is 48.4 Å². The average molecular weight is 566 g/mol. The average Bonchev–Trinajstić information content (AvgIpc) is 3.34. The van der Waals surface area contributed by atoms with Crippen molar-refractivity contribution >= 4 is 34.6 Å². The van der Waals surface area contributed by atoms with Crippen LogP contribution in [-0.2, 0) is 33.1 Å². The smallest absolute Gasteiger partial charge is 0.412 e. The number of cyclic esters (lactones) is 1. The SMILES string of the molecule is CC[C@@]1(O)C(=O)OCc2c1cc1n(c2=O)Cc2c-1nc1ccc(OC(=O)NCCCCCCC(=O)NO)cc1c2N. The van der Waals surface area contributed by atoms with Crippen molar-refractivity contribution in [3.63, 3.8) is 0 Å². The van der Waals surface area contributed by atoms with Gasteiger partial charge in [0.2, 0.25) is 5.91 Å². The van der Waals surface area contributed by atoms with E-state index in [0.717, 1.165) is 12.8 Å². The molecule has 0 aliphatic carbocycles. The molecule has 1 atom stereocenters. The minimum absolute atomic E-state index is 0.0454. The highest BCUT2D eigenvalue weighted by molar-refractivity contribution is 5.97. The number of hydrogen-bond acceptors (Lipinski definition) is 10. The van der Waals surface area contributed by atoms with E-state index >= 15 is 0 Å². The van der Waals surface area contributed by atoms with Crippen LogP contribution in [0.4, 0.5) is 10.5 Å². The van der Waals surface area contributed by atoms with E-state index in [1.54, 1.807) is 36.7 Å². The zero-order valence-electron chi connectivity index (χ0n) is 22.5. The van der Waals surface area contributed by atoms with Crippen molar-refractivity contribution < 1.29 is 34.2 Å². The number of carbonyl (C=O) groups excluding carboxylic acids is 3. The molecule has 0 saturated carbocycles. The van der Waals surface area contributed by atoms with E-state index in [0.29, 0.717) is 52.9 Å². The maximum Gasteiger partial charge on any atom is 0.412 e. The summed E-state index contributed by atoms with van der Waals surface area (Å²) < 4.78 is 12.0. The van der Waals surface area contributed by atoms with Crippen molar-refractivity contribution in [2.24, 2.45) is 0 Å². The molecule has 2 aliphatic rings. The van der Waals surface area contributed by atoms with Crippen LogP contribution in [0.3, 0.4) is 0 Å². The Bertz CT molecular complexity index is 1620. The Balaban J connectivity index is 1.31. The van der Waals surface area contributed by atoms with Crippen LogP contribution in [0.2, 0.25) is 0 Å². The van der Waals surface area contributed by atoms with Crippen molar-refractivity contribution in [1.29, 1.82) is 0 Å². The standard InChI is InChI=1S/C28H31N5O8/c1-2-28(38)19-12-21-24-17(13-33(21)25(35)18(19)14-40-26(28)36)23(29)16-11-15(8-9-20(16)31-24)41-27(37)30-10-6-4-3-5-7-22(34)32-39/h8-9,11-12,38-39H,2-7,10,13-14H2,1H3,(H2,29,31)(H,30,37)(H,32,34)/t28-/m0/s1. The van der Waals surface area contributed by atoms with E-state index in [2.05, 4.69) is 5.32 Å². The van der Waals surface area contributed by atoms with Gasteiger partial charge in [0.05, 0.1) is 29.0 Å². The second-order valence-corrected chi connectivity index (χ2v) is 10.2. The molecule has 41 heavy (non-hydrogen) atoms. The van der Waals surface area contributed by atoms with Crippen LogP contribution >= 0.6 is 0 Å². The first kappa shape index (κ1) is 28.1. The molecule has 0 bridgehead atoms. The van der Waals surface area contributed by atoms with E-state index in [9.17, 15) is 24.3 Å². The number of nitrogens with one attached hydrogen (secondary N) is 2. The molecule has 2 aliphatic heterocycles. The number of amides is 2. The molecule has 0 fully saturated rings. The maximum atomic E-state index is 13.4. The molecule has 0 saturated heterocycles. The molecule has 4 heterocycles. The molecule has 216 valence electrons. The lowest BCUT2D eigenvalue weighted by Crippen LogP contribution is -2.44. The van der Waals surface area contributed by atoms with Gasteiger partial charge in [-0.25, -0.2) is 20.1 Å². The molecule has 0 radical (unpaired) electrons. The lowest BCUT2D eigenvalue weighted by molar-refractivity contribution is -0.172. The number of hydrogen-bond donors (Lipinski definition) is 5. The molecular weight excluding hydrogens is 534 g/mol. The summed E-state index contributed by atoms with van der Waals surface area (Å²) in [6.45, 7) is 1.98. The Kier molecular flexibility index (Phi) is 7.65. The van der Waals surface area contributed by atoms with Gasteiger partial charge in [-0.2, -0.15) is 0 Å². The van der Waals surface area contributed by atoms with Crippen molar-refractivity contribution in [3.05, 3.63) is 51.3 Å². The number of nitrogens with two attached hydrogens (primary N) is 1. The number of aromatic nitrogens is 2. The molecule has 6 N–H and O–H groups in total. The van der Waals surface area contributed by atoms with Gasteiger partial charge in [0.15, 0.2) is 5.60 Å².